The third kappa shape index (κ3) is 4.16. The van der Waals surface area contributed by atoms with E-state index >= 15 is 0 Å². The number of ether oxygens (including phenoxy) is 1. The maximum Gasteiger partial charge on any atom is 0.228 e. The number of anilines is 1. The van der Waals surface area contributed by atoms with Crippen molar-refractivity contribution in [3.8, 4) is 5.75 Å². The fraction of sp³-hybridized carbons (Fsp3) is 0.391. The highest BCUT2D eigenvalue weighted by Crippen LogP contribution is 2.35. The number of halogens is 1. The molecule has 6 nitrogen and oxygen atoms in total. The van der Waals surface area contributed by atoms with Gasteiger partial charge in [0.2, 0.25) is 11.8 Å². The second-order valence-electron chi connectivity index (χ2n) is 8.00. The Balaban J connectivity index is 0.00000256. The molecule has 2 amide bonds. The van der Waals surface area contributed by atoms with E-state index in [1.54, 1.807) is 12.0 Å². The van der Waals surface area contributed by atoms with Crippen LogP contribution >= 0.6 is 12.4 Å². The standard InChI is InChI=1S/C23H27N3O3.ClH/c1-15-8-9-21(29-2)20(10-15)26-12-17(11-22(26)27)23(28)25-13-18(19(24)14-25)16-6-4-3-5-7-16;/h3-10,17-19H,11-14,24H2,1-2H3;1H/t17?,18-,19+;/m0./s1. The number of benzene rings is 2. The van der Waals surface area contributed by atoms with Crippen molar-refractivity contribution in [1.29, 1.82) is 0 Å². The van der Waals surface area contributed by atoms with E-state index in [1.807, 2.05) is 48.2 Å². The average Bonchev–Trinajstić information content (AvgIpc) is 3.31. The van der Waals surface area contributed by atoms with Crippen molar-refractivity contribution >= 4 is 29.9 Å². The summed E-state index contributed by atoms with van der Waals surface area (Å²) in [6.07, 6.45) is 0.220. The maximum absolute atomic E-state index is 13.2. The summed E-state index contributed by atoms with van der Waals surface area (Å²) in [5, 5.41) is 0. The summed E-state index contributed by atoms with van der Waals surface area (Å²) in [7, 11) is 1.59. The molecular weight excluding hydrogens is 402 g/mol. The second-order valence-corrected chi connectivity index (χ2v) is 8.00. The number of aryl methyl sites for hydroxylation is 1. The molecule has 4 rings (SSSR count). The van der Waals surface area contributed by atoms with E-state index in [2.05, 4.69) is 12.1 Å². The number of nitrogens with zero attached hydrogens (tertiary/aromatic N) is 2. The van der Waals surface area contributed by atoms with Gasteiger partial charge in [0.05, 0.1) is 18.7 Å². The van der Waals surface area contributed by atoms with Crippen LogP contribution in [0.2, 0.25) is 0 Å². The molecular formula is C23H28ClN3O3. The van der Waals surface area contributed by atoms with E-state index < -0.39 is 0 Å². The van der Waals surface area contributed by atoms with E-state index in [4.69, 9.17) is 10.5 Å². The summed E-state index contributed by atoms with van der Waals surface area (Å²) < 4.78 is 5.43. The molecule has 0 bridgehead atoms. The van der Waals surface area contributed by atoms with E-state index in [0.29, 0.717) is 25.4 Å². The average molecular weight is 430 g/mol. The normalized spacial score (nSPS) is 23.4. The molecule has 2 aromatic carbocycles. The van der Waals surface area contributed by atoms with Crippen LogP contribution in [-0.2, 0) is 9.59 Å². The topological polar surface area (TPSA) is 75.9 Å². The first-order valence-electron chi connectivity index (χ1n) is 10.0. The largest absolute Gasteiger partial charge is 0.495 e. The summed E-state index contributed by atoms with van der Waals surface area (Å²) in [5.41, 5.74) is 9.28. The van der Waals surface area contributed by atoms with Crippen molar-refractivity contribution in [2.45, 2.75) is 25.3 Å². The number of hydrogen-bond donors (Lipinski definition) is 1. The van der Waals surface area contributed by atoms with Gasteiger partial charge in [0.15, 0.2) is 0 Å². The van der Waals surface area contributed by atoms with Gasteiger partial charge in [-0.05, 0) is 30.2 Å². The van der Waals surface area contributed by atoms with Gasteiger partial charge in [0.25, 0.3) is 0 Å². The molecule has 2 fully saturated rings. The van der Waals surface area contributed by atoms with Crippen molar-refractivity contribution in [2.24, 2.45) is 11.7 Å². The van der Waals surface area contributed by atoms with Crippen molar-refractivity contribution < 1.29 is 14.3 Å². The number of carbonyl (C=O) groups is 2. The lowest BCUT2D eigenvalue weighted by Crippen LogP contribution is -2.37. The molecule has 1 unspecified atom stereocenters. The van der Waals surface area contributed by atoms with Gasteiger partial charge < -0.3 is 20.3 Å². The number of amides is 2. The van der Waals surface area contributed by atoms with Gasteiger partial charge in [-0.3, -0.25) is 9.59 Å². The summed E-state index contributed by atoms with van der Waals surface area (Å²) in [6, 6.07) is 15.7. The van der Waals surface area contributed by atoms with E-state index in [1.165, 1.54) is 0 Å². The Morgan fingerprint density at radius 3 is 2.53 bits per heavy atom. The van der Waals surface area contributed by atoms with Crippen LogP contribution in [0, 0.1) is 12.8 Å². The lowest BCUT2D eigenvalue weighted by atomic mass is 9.95. The van der Waals surface area contributed by atoms with Crippen molar-refractivity contribution in [3.63, 3.8) is 0 Å². The molecule has 0 aromatic heterocycles. The molecule has 2 aliphatic heterocycles. The number of hydrogen-bond acceptors (Lipinski definition) is 4. The minimum Gasteiger partial charge on any atom is -0.495 e. The van der Waals surface area contributed by atoms with Crippen LogP contribution < -0.4 is 15.4 Å². The number of rotatable bonds is 4. The lowest BCUT2D eigenvalue weighted by Gasteiger charge is -2.22. The lowest BCUT2D eigenvalue weighted by molar-refractivity contribution is -0.134. The zero-order valence-corrected chi connectivity index (χ0v) is 18.1. The SMILES string of the molecule is COc1ccc(C)cc1N1CC(C(=O)N2C[C@@H](N)[C@H](c3ccccc3)C2)CC1=O.Cl. The van der Waals surface area contributed by atoms with E-state index in [0.717, 1.165) is 16.8 Å². The summed E-state index contributed by atoms with van der Waals surface area (Å²) >= 11 is 0. The van der Waals surface area contributed by atoms with Crippen molar-refractivity contribution in [3.05, 3.63) is 59.7 Å². The highest BCUT2D eigenvalue weighted by molar-refractivity contribution is 6.01. The predicted molar refractivity (Wildman–Crippen MR) is 119 cm³/mol. The van der Waals surface area contributed by atoms with Gasteiger partial charge >= 0.3 is 0 Å². The Hall–Kier alpha value is -2.57. The van der Waals surface area contributed by atoms with Crippen LogP contribution in [0.1, 0.15) is 23.5 Å². The highest BCUT2D eigenvalue weighted by atomic mass is 35.5. The number of nitrogens with two attached hydrogens (primary N) is 1. The monoisotopic (exact) mass is 429 g/mol. The fourth-order valence-electron chi connectivity index (χ4n) is 4.44. The first-order chi connectivity index (χ1) is 14.0. The predicted octanol–water partition coefficient (Wildman–Crippen LogP) is 2.73. The smallest absolute Gasteiger partial charge is 0.228 e. The second kappa shape index (κ2) is 9.06. The van der Waals surface area contributed by atoms with Crippen LogP contribution in [0.3, 0.4) is 0 Å². The maximum atomic E-state index is 13.2. The molecule has 3 atom stereocenters. The Morgan fingerprint density at radius 2 is 1.83 bits per heavy atom. The Labute approximate surface area is 183 Å². The minimum atomic E-state index is -0.352. The van der Waals surface area contributed by atoms with Crippen LogP contribution in [0.4, 0.5) is 5.69 Å². The van der Waals surface area contributed by atoms with Crippen LogP contribution in [0.25, 0.3) is 0 Å². The summed E-state index contributed by atoms with van der Waals surface area (Å²) in [6.45, 7) is 3.47. The molecule has 2 aromatic rings. The molecule has 2 aliphatic rings. The third-order valence-corrected chi connectivity index (χ3v) is 6.00. The van der Waals surface area contributed by atoms with Crippen LogP contribution in [0.15, 0.2) is 48.5 Å². The Bertz CT molecular complexity index is 921. The van der Waals surface area contributed by atoms with Gasteiger partial charge in [-0.15, -0.1) is 12.4 Å². The number of carbonyl (C=O) groups excluding carboxylic acids is 2. The molecule has 7 heteroatoms. The highest BCUT2D eigenvalue weighted by Gasteiger charge is 2.41. The molecule has 2 saturated heterocycles. The van der Waals surface area contributed by atoms with Gasteiger partial charge in [0.1, 0.15) is 5.75 Å². The van der Waals surface area contributed by atoms with Crippen molar-refractivity contribution in [2.75, 3.05) is 31.6 Å². The molecule has 2 heterocycles. The van der Waals surface area contributed by atoms with Crippen LogP contribution in [-0.4, -0.2) is 49.5 Å². The first-order valence-corrected chi connectivity index (χ1v) is 10.0. The molecule has 0 radical (unpaired) electrons. The Kier molecular flexibility index (Phi) is 6.68. The zero-order chi connectivity index (χ0) is 20.5. The van der Waals surface area contributed by atoms with E-state index in [-0.39, 0.29) is 48.5 Å². The number of methoxy groups -OCH3 is 1. The molecule has 0 aliphatic carbocycles. The number of likely N-dealkylation sites (tertiary alicyclic amines) is 1. The van der Waals surface area contributed by atoms with Gasteiger partial charge in [-0.25, -0.2) is 0 Å². The van der Waals surface area contributed by atoms with Gasteiger partial charge in [0, 0.05) is 38.0 Å². The van der Waals surface area contributed by atoms with Gasteiger partial charge in [-0.2, -0.15) is 0 Å². The molecule has 160 valence electrons. The minimum absolute atomic E-state index is 0. The van der Waals surface area contributed by atoms with Gasteiger partial charge in [-0.1, -0.05) is 36.4 Å². The quantitative estimate of drug-likeness (QED) is 0.810. The summed E-state index contributed by atoms with van der Waals surface area (Å²) in [5.74, 6) is 0.390. The molecule has 0 saturated carbocycles. The molecule has 2 N–H and O–H groups in total. The summed E-state index contributed by atoms with van der Waals surface area (Å²) in [4.78, 5) is 29.4. The molecule has 30 heavy (non-hydrogen) atoms. The van der Waals surface area contributed by atoms with E-state index in [9.17, 15) is 9.59 Å². The Morgan fingerprint density at radius 1 is 1.10 bits per heavy atom. The molecule has 0 spiro atoms. The zero-order valence-electron chi connectivity index (χ0n) is 17.3. The van der Waals surface area contributed by atoms with Crippen LogP contribution in [0.5, 0.6) is 5.75 Å². The first kappa shape index (κ1) is 22.1. The third-order valence-electron chi connectivity index (χ3n) is 6.00. The fourth-order valence-corrected chi connectivity index (χ4v) is 4.44. The van der Waals surface area contributed by atoms with Crippen molar-refractivity contribution in [1.82, 2.24) is 4.90 Å².